The average molecular weight is 622 g/mol. The lowest BCUT2D eigenvalue weighted by molar-refractivity contribution is -0.141. The molecule has 0 saturated heterocycles. The molecule has 2 atom stereocenters. The van der Waals surface area contributed by atoms with Gasteiger partial charge in [-0.2, -0.15) is 8.78 Å². The number of carboxylic acids is 1. The van der Waals surface area contributed by atoms with Gasteiger partial charge in [-0.25, -0.2) is 8.78 Å². The number of ether oxygens (including phenoxy) is 1. The number of ketones is 1. The number of carbonyl (C=O) groups excluding carboxylic acids is 3. The van der Waals surface area contributed by atoms with Crippen LogP contribution in [-0.2, 0) is 24.6 Å². The molecule has 0 aromatic heterocycles. The molecule has 44 heavy (non-hydrogen) atoms. The Labute approximate surface area is 251 Å². The minimum atomic E-state index is -1.88. The number of rotatable bonds is 11. The van der Waals surface area contributed by atoms with Crippen LogP contribution in [0.4, 0.5) is 23.2 Å². The fourth-order valence-electron chi connectivity index (χ4n) is 5.58. The van der Waals surface area contributed by atoms with Gasteiger partial charge in [-0.1, -0.05) is 39.0 Å². The fraction of sp³-hybridized carbons (Fsp3) is 0.484. The SMILES string of the molecule is CC(C)(C)c1ccccc1NC(=O)CNC1CCC(C(=O)NC2(C(=O)COc3c(F)c(F)cc(F)c3F)CC2C(=O)O)CC1. The van der Waals surface area contributed by atoms with Gasteiger partial charge in [-0.15, -0.1) is 0 Å². The normalized spacial score (nSPS) is 23.0. The minimum Gasteiger partial charge on any atom is -0.481 e. The summed E-state index contributed by atoms with van der Waals surface area (Å²) in [5, 5.41) is 18.1. The van der Waals surface area contributed by atoms with Crippen molar-refractivity contribution in [2.24, 2.45) is 11.8 Å². The zero-order valence-electron chi connectivity index (χ0n) is 24.6. The van der Waals surface area contributed by atoms with Gasteiger partial charge < -0.3 is 25.8 Å². The Kier molecular flexibility index (Phi) is 9.67. The standard InChI is InChI=1S/C31H35F4N3O6/c1-30(2,3)18-6-4-5-7-22(18)37-24(40)14-36-17-10-8-16(9-11-17)28(41)38-31(13-19(31)29(42)43)23(39)15-44-27-25(34)20(32)12-21(33)26(27)35/h4-7,12,16-17,19,36H,8-11,13-15H2,1-3H3,(H,37,40)(H,38,41)(H,42,43). The number of benzene rings is 2. The van der Waals surface area contributed by atoms with Crippen LogP contribution < -0.4 is 20.7 Å². The predicted molar refractivity (Wildman–Crippen MR) is 151 cm³/mol. The van der Waals surface area contributed by atoms with Crippen molar-refractivity contribution in [2.75, 3.05) is 18.5 Å². The summed E-state index contributed by atoms with van der Waals surface area (Å²) < 4.78 is 59.6. The van der Waals surface area contributed by atoms with Gasteiger partial charge in [0, 0.05) is 23.7 Å². The molecule has 2 unspecified atom stereocenters. The molecule has 13 heteroatoms. The van der Waals surface area contributed by atoms with Gasteiger partial charge >= 0.3 is 5.97 Å². The van der Waals surface area contributed by atoms with Gasteiger partial charge in [0.15, 0.2) is 23.2 Å². The summed E-state index contributed by atoms with van der Waals surface area (Å²) in [6.45, 7) is 5.10. The molecule has 2 amide bonds. The van der Waals surface area contributed by atoms with E-state index < -0.39 is 70.7 Å². The number of amides is 2. The zero-order chi connectivity index (χ0) is 32.4. The third kappa shape index (κ3) is 7.20. The summed E-state index contributed by atoms with van der Waals surface area (Å²) in [7, 11) is 0. The lowest BCUT2D eigenvalue weighted by atomic mass is 9.85. The maximum atomic E-state index is 13.9. The molecular formula is C31H35F4N3O6. The number of hydrogen-bond donors (Lipinski definition) is 4. The maximum absolute atomic E-state index is 13.9. The Hall–Kier alpha value is -4.00. The number of halogens is 4. The molecule has 0 bridgehead atoms. The molecular weight excluding hydrogens is 586 g/mol. The lowest BCUT2D eigenvalue weighted by Gasteiger charge is -2.30. The highest BCUT2D eigenvalue weighted by molar-refractivity contribution is 6.02. The molecule has 2 aliphatic rings. The lowest BCUT2D eigenvalue weighted by Crippen LogP contribution is -2.51. The van der Waals surface area contributed by atoms with Crippen LogP contribution in [0, 0.1) is 35.1 Å². The Morgan fingerprint density at radius 3 is 2.16 bits per heavy atom. The smallest absolute Gasteiger partial charge is 0.309 e. The topological polar surface area (TPSA) is 134 Å². The molecule has 0 heterocycles. The summed E-state index contributed by atoms with van der Waals surface area (Å²) in [6, 6.07) is 7.51. The van der Waals surface area contributed by atoms with Gasteiger partial charge in [0.2, 0.25) is 23.4 Å². The predicted octanol–water partition coefficient (Wildman–Crippen LogP) is 4.24. The van der Waals surface area contributed by atoms with Crippen molar-refractivity contribution >= 4 is 29.3 Å². The number of para-hydroxylation sites is 1. The van der Waals surface area contributed by atoms with Gasteiger partial charge in [0.25, 0.3) is 0 Å². The number of aliphatic carboxylic acids is 1. The third-order valence-electron chi connectivity index (χ3n) is 8.18. The molecule has 9 nitrogen and oxygen atoms in total. The molecule has 2 saturated carbocycles. The van der Waals surface area contributed by atoms with E-state index in [1.165, 1.54) is 0 Å². The quantitative estimate of drug-likeness (QED) is 0.218. The minimum absolute atomic E-state index is 0.0191. The first-order valence-corrected chi connectivity index (χ1v) is 14.3. The third-order valence-corrected chi connectivity index (χ3v) is 8.18. The van der Waals surface area contributed by atoms with Gasteiger partial charge in [0.05, 0.1) is 12.5 Å². The second kappa shape index (κ2) is 12.9. The van der Waals surface area contributed by atoms with E-state index >= 15 is 0 Å². The molecule has 2 aromatic carbocycles. The summed E-state index contributed by atoms with van der Waals surface area (Å²) in [5.41, 5.74) is -0.295. The van der Waals surface area contributed by atoms with Crippen molar-refractivity contribution in [3.63, 3.8) is 0 Å². The van der Waals surface area contributed by atoms with Crippen LogP contribution >= 0.6 is 0 Å². The van der Waals surface area contributed by atoms with Crippen molar-refractivity contribution in [1.29, 1.82) is 0 Å². The van der Waals surface area contributed by atoms with Crippen LogP contribution in [0.25, 0.3) is 0 Å². The summed E-state index contributed by atoms with van der Waals surface area (Å²) in [5.74, 6) is -13.6. The largest absolute Gasteiger partial charge is 0.481 e. The van der Waals surface area contributed by atoms with Crippen LogP contribution in [0.5, 0.6) is 5.75 Å². The average Bonchev–Trinajstić information content (AvgIpc) is 3.70. The zero-order valence-corrected chi connectivity index (χ0v) is 24.6. The van der Waals surface area contributed by atoms with Crippen LogP contribution in [0.3, 0.4) is 0 Å². The van der Waals surface area contributed by atoms with E-state index in [9.17, 15) is 41.8 Å². The van der Waals surface area contributed by atoms with Crippen molar-refractivity contribution in [1.82, 2.24) is 10.6 Å². The highest BCUT2D eigenvalue weighted by Gasteiger charge is 2.65. The fourth-order valence-corrected chi connectivity index (χ4v) is 5.58. The first-order valence-electron chi connectivity index (χ1n) is 14.3. The molecule has 0 radical (unpaired) electrons. The van der Waals surface area contributed by atoms with E-state index in [1.807, 2.05) is 24.3 Å². The number of nitrogens with one attached hydrogen (secondary N) is 3. The molecule has 2 aromatic rings. The summed E-state index contributed by atoms with van der Waals surface area (Å²) >= 11 is 0. The number of carbonyl (C=O) groups is 4. The molecule has 4 N–H and O–H groups in total. The van der Waals surface area contributed by atoms with E-state index in [4.69, 9.17) is 4.74 Å². The summed E-state index contributed by atoms with van der Waals surface area (Å²) in [6.07, 6.45) is 1.61. The molecule has 2 fully saturated rings. The van der Waals surface area contributed by atoms with Crippen LogP contribution in [0.1, 0.15) is 58.4 Å². The second-order valence-electron chi connectivity index (χ2n) is 12.3. The van der Waals surface area contributed by atoms with Gasteiger partial charge in [-0.3, -0.25) is 19.2 Å². The molecule has 0 spiro atoms. The molecule has 2 aliphatic carbocycles. The maximum Gasteiger partial charge on any atom is 0.309 e. The van der Waals surface area contributed by atoms with Gasteiger partial charge in [-0.05, 0) is 49.1 Å². The monoisotopic (exact) mass is 621 g/mol. The number of carboxylic acid groups (broad SMARTS) is 1. The van der Waals surface area contributed by atoms with Crippen LogP contribution in [0.2, 0.25) is 0 Å². The van der Waals surface area contributed by atoms with E-state index in [-0.39, 0.29) is 36.4 Å². The van der Waals surface area contributed by atoms with Crippen molar-refractivity contribution in [3.8, 4) is 5.75 Å². The van der Waals surface area contributed by atoms with E-state index in [1.54, 1.807) is 0 Å². The highest BCUT2D eigenvalue weighted by Crippen LogP contribution is 2.45. The van der Waals surface area contributed by atoms with Crippen LogP contribution in [-0.4, -0.2) is 53.4 Å². The Morgan fingerprint density at radius 2 is 1.59 bits per heavy atom. The Bertz CT molecular complexity index is 1430. The van der Waals surface area contributed by atoms with E-state index in [2.05, 4.69) is 36.7 Å². The number of Topliss-reactive ketones (excluding diaryl/α,β-unsaturated/α-hetero) is 1. The summed E-state index contributed by atoms with van der Waals surface area (Å²) in [4.78, 5) is 50.3. The van der Waals surface area contributed by atoms with Crippen LogP contribution in [0.15, 0.2) is 30.3 Å². The Morgan fingerprint density at radius 1 is 0.977 bits per heavy atom. The molecule has 238 valence electrons. The van der Waals surface area contributed by atoms with E-state index in [0.717, 1.165) is 11.3 Å². The number of anilines is 1. The second-order valence-corrected chi connectivity index (χ2v) is 12.3. The highest BCUT2D eigenvalue weighted by atomic mass is 19.2. The van der Waals surface area contributed by atoms with Crippen molar-refractivity contribution in [3.05, 3.63) is 59.2 Å². The first-order chi connectivity index (χ1) is 20.6. The van der Waals surface area contributed by atoms with E-state index in [0.29, 0.717) is 25.7 Å². The van der Waals surface area contributed by atoms with Gasteiger partial charge in [0.1, 0.15) is 12.1 Å². The van der Waals surface area contributed by atoms with Crippen molar-refractivity contribution in [2.45, 2.75) is 69.9 Å². The Balaban J connectivity index is 1.29. The molecule has 4 rings (SSSR count). The molecule has 0 aliphatic heterocycles. The number of hydrogen-bond acceptors (Lipinski definition) is 6. The first kappa shape index (κ1) is 32.9. The van der Waals surface area contributed by atoms with Crippen molar-refractivity contribution < 1.29 is 46.6 Å².